The van der Waals surface area contributed by atoms with E-state index >= 15 is 0 Å². The molecule has 0 bridgehead atoms. The molecule has 1 fully saturated rings. The summed E-state index contributed by atoms with van der Waals surface area (Å²) in [7, 11) is 0. The van der Waals surface area contributed by atoms with Gasteiger partial charge in [-0.1, -0.05) is 36.4 Å². The molecule has 1 aliphatic heterocycles. The number of nitrogens with zero attached hydrogens (tertiary/aromatic N) is 2. The molecule has 126 valence electrons. The molecule has 1 aliphatic rings. The average Bonchev–Trinajstić information content (AvgIpc) is 2.67. The number of ether oxygens (including phenoxy) is 1. The zero-order valence-corrected chi connectivity index (χ0v) is 13.9. The lowest BCUT2D eigenvalue weighted by Gasteiger charge is -2.29. The van der Waals surface area contributed by atoms with Crippen molar-refractivity contribution in [1.82, 2.24) is 9.88 Å². The fourth-order valence-electron chi connectivity index (χ4n) is 3.00. The van der Waals surface area contributed by atoms with E-state index in [-0.39, 0.29) is 12.0 Å². The molecule has 0 spiro atoms. The molecule has 4 heteroatoms. The van der Waals surface area contributed by atoms with Gasteiger partial charge in [-0.2, -0.15) is 0 Å². The number of rotatable bonds is 6. The highest BCUT2D eigenvalue weighted by Crippen LogP contribution is 2.17. The van der Waals surface area contributed by atoms with Gasteiger partial charge in [0, 0.05) is 19.3 Å². The van der Waals surface area contributed by atoms with Crippen molar-refractivity contribution in [1.29, 1.82) is 0 Å². The van der Waals surface area contributed by atoms with Gasteiger partial charge in [-0.05, 0) is 43.4 Å². The molecule has 3 rings (SSSR count). The van der Waals surface area contributed by atoms with Crippen molar-refractivity contribution in [2.75, 3.05) is 13.2 Å². The second-order valence-corrected chi connectivity index (χ2v) is 6.17. The first-order valence-electron chi connectivity index (χ1n) is 8.67. The molecule has 0 unspecified atom stereocenters. The first kappa shape index (κ1) is 16.7. The Labute approximate surface area is 143 Å². The van der Waals surface area contributed by atoms with Gasteiger partial charge in [-0.3, -0.25) is 9.78 Å². The van der Waals surface area contributed by atoms with Crippen LogP contribution in [0.25, 0.3) is 0 Å². The van der Waals surface area contributed by atoms with Crippen LogP contribution in [0.15, 0.2) is 54.7 Å². The molecular formula is C20H24N2O2. The second kappa shape index (κ2) is 8.60. The number of carbonyl (C=O) groups excluding carboxylic acids is 1. The number of carbonyl (C=O) groups is 1. The minimum absolute atomic E-state index is 0.0938. The van der Waals surface area contributed by atoms with Crippen molar-refractivity contribution in [2.45, 2.75) is 38.3 Å². The predicted molar refractivity (Wildman–Crippen MR) is 93.4 cm³/mol. The highest BCUT2D eigenvalue weighted by Gasteiger charge is 2.27. The van der Waals surface area contributed by atoms with Gasteiger partial charge >= 0.3 is 0 Å². The minimum atomic E-state index is -0.293. The zero-order valence-electron chi connectivity index (χ0n) is 13.9. The Morgan fingerprint density at radius 2 is 1.96 bits per heavy atom. The monoisotopic (exact) mass is 324 g/mol. The maximum Gasteiger partial charge on any atom is 0.252 e. The first-order valence-corrected chi connectivity index (χ1v) is 8.67. The van der Waals surface area contributed by atoms with Crippen molar-refractivity contribution in [3.63, 3.8) is 0 Å². The van der Waals surface area contributed by atoms with Crippen molar-refractivity contribution in [3.8, 4) is 0 Å². The Bertz CT molecular complexity index is 625. The van der Waals surface area contributed by atoms with Crippen LogP contribution in [0.3, 0.4) is 0 Å². The number of pyridine rings is 1. The van der Waals surface area contributed by atoms with E-state index in [0.29, 0.717) is 19.7 Å². The average molecular weight is 324 g/mol. The van der Waals surface area contributed by atoms with Crippen LogP contribution >= 0.6 is 0 Å². The van der Waals surface area contributed by atoms with Crippen molar-refractivity contribution < 1.29 is 9.53 Å². The van der Waals surface area contributed by atoms with Crippen LogP contribution in [0.2, 0.25) is 0 Å². The summed E-state index contributed by atoms with van der Waals surface area (Å²) in [6.45, 7) is 1.90. The fourth-order valence-corrected chi connectivity index (χ4v) is 3.00. The third-order valence-electron chi connectivity index (χ3n) is 4.36. The SMILES string of the molecule is O=C([C@H]1CCCCO1)N(CCc1ccccc1)Cc1ccccn1. The largest absolute Gasteiger partial charge is 0.368 e. The van der Waals surface area contributed by atoms with E-state index in [9.17, 15) is 4.79 Å². The molecule has 0 aliphatic carbocycles. The molecule has 0 N–H and O–H groups in total. The third-order valence-corrected chi connectivity index (χ3v) is 4.36. The molecule has 4 nitrogen and oxygen atoms in total. The number of hydrogen-bond acceptors (Lipinski definition) is 3. The fraction of sp³-hybridized carbons (Fsp3) is 0.400. The first-order chi connectivity index (χ1) is 11.8. The summed E-state index contributed by atoms with van der Waals surface area (Å²) < 4.78 is 5.70. The van der Waals surface area contributed by atoms with Crippen LogP contribution in [0.5, 0.6) is 0 Å². The summed E-state index contributed by atoms with van der Waals surface area (Å²) in [5.74, 6) is 0.0938. The smallest absolute Gasteiger partial charge is 0.252 e. The molecule has 0 radical (unpaired) electrons. The Hall–Kier alpha value is -2.20. The van der Waals surface area contributed by atoms with Crippen LogP contribution in [-0.4, -0.2) is 35.0 Å². The van der Waals surface area contributed by atoms with E-state index in [0.717, 1.165) is 31.4 Å². The van der Waals surface area contributed by atoms with Crippen LogP contribution in [0.1, 0.15) is 30.5 Å². The van der Waals surface area contributed by atoms with E-state index in [1.165, 1.54) is 5.56 Å². The molecule has 2 aromatic rings. The highest BCUT2D eigenvalue weighted by atomic mass is 16.5. The third kappa shape index (κ3) is 4.65. The number of amides is 1. The van der Waals surface area contributed by atoms with Gasteiger partial charge in [-0.15, -0.1) is 0 Å². The molecule has 1 atom stereocenters. The van der Waals surface area contributed by atoms with Gasteiger partial charge in [0.25, 0.3) is 5.91 Å². The van der Waals surface area contributed by atoms with Crippen LogP contribution < -0.4 is 0 Å². The topological polar surface area (TPSA) is 42.4 Å². The molecule has 1 aromatic heterocycles. The molecule has 24 heavy (non-hydrogen) atoms. The van der Waals surface area contributed by atoms with Gasteiger partial charge in [0.2, 0.25) is 0 Å². The molecular weight excluding hydrogens is 300 g/mol. The van der Waals surface area contributed by atoms with Gasteiger partial charge in [-0.25, -0.2) is 0 Å². The second-order valence-electron chi connectivity index (χ2n) is 6.17. The van der Waals surface area contributed by atoms with Gasteiger partial charge in [0.05, 0.1) is 12.2 Å². The lowest BCUT2D eigenvalue weighted by molar-refractivity contribution is -0.147. The lowest BCUT2D eigenvalue weighted by Crippen LogP contribution is -2.42. The Balaban J connectivity index is 1.68. The van der Waals surface area contributed by atoms with Gasteiger partial charge in [0.1, 0.15) is 6.10 Å². The van der Waals surface area contributed by atoms with Crippen LogP contribution in [-0.2, 0) is 22.5 Å². The molecule has 1 aromatic carbocycles. The van der Waals surface area contributed by atoms with Gasteiger partial charge < -0.3 is 9.64 Å². The van der Waals surface area contributed by atoms with E-state index < -0.39 is 0 Å². The summed E-state index contributed by atoms with van der Waals surface area (Å²) in [6, 6.07) is 16.1. The number of benzene rings is 1. The van der Waals surface area contributed by atoms with Crippen LogP contribution in [0.4, 0.5) is 0 Å². The molecule has 2 heterocycles. The van der Waals surface area contributed by atoms with E-state index in [1.54, 1.807) is 6.20 Å². The molecule has 1 amide bonds. The van der Waals surface area contributed by atoms with Crippen molar-refractivity contribution in [2.24, 2.45) is 0 Å². The van der Waals surface area contributed by atoms with E-state index in [2.05, 4.69) is 17.1 Å². The maximum atomic E-state index is 12.9. The highest BCUT2D eigenvalue weighted by molar-refractivity contribution is 5.81. The quantitative estimate of drug-likeness (QED) is 0.819. The van der Waals surface area contributed by atoms with Crippen molar-refractivity contribution >= 4 is 5.91 Å². The Morgan fingerprint density at radius 3 is 2.67 bits per heavy atom. The lowest BCUT2D eigenvalue weighted by atomic mass is 10.1. The Morgan fingerprint density at radius 1 is 1.12 bits per heavy atom. The summed E-state index contributed by atoms with van der Waals surface area (Å²) >= 11 is 0. The van der Waals surface area contributed by atoms with E-state index in [1.807, 2.05) is 41.3 Å². The van der Waals surface area contributed by atoms with Crippen molar-refractivity contribution in [3.05, 3.63) is 66.0 Å². The standard InChI is InChI=1S/C20H24N2O2/c23-20(19-11-5-7-15-24-19)22(16-18-10-4-6-13-21-18)14-12-17-8-2-1-3-9-17/h1-4,6,8-10,13,19H,5,7,11-12,14-16H2/t19-/m1/s1. The minimum Gasteiger partial charge on any atom is -0.368 e. The maximum absolute atomic E-state index is 12.9. The number of aromatic nitrogens is 1. The summed E-state index contributed by atoms with van der Waals surface area (Å²) in [5, 5.41) is 0. The Kier molecular flexibility index (Phi) is 5.96. The van der Waals surface area contributed by atoms with Crippen LogP contribution in [0, 0.1) is 0 Å². The number of hydrogen-bond donors (Lipinski definition) is 0. The summed E-state index contributed by atoms with van der Waals surface area (Å²) in [5.41, 5.74) is 2.15. The summed E-state index contributed by atoms with van der Waals surface area (Å²) in [6.07, 6.45) is 5.25. The van der Waals surface area contributed by atoms with Gasteiger partial charge in [0.15, 0.2) is 0 Å². The predicted octanol–water partition coefficient (Wildman–Crippen LogP) is 3.22. The zero-order chi connectivity index (χ0) is 16.6. The molecule has 0 saturated carbocycles. The molecule has 1 saturated heterocycles. The van der Waals surface area contributed by atoms with E-state index in [4.69, 9.17) is 4.74 Å². The normalized spacial score (nSPS) is 17.4. The summed E-state index contributed by atoms with van der Waals surface area (Å²) in [4.78, 5) is 19.2.